The molecule has 0 aliphatic heterocycles. The Balaban J connectivity index is 2.36. The number of nitrogens with zero attached hydrogens (tertiary/aromatic N) is 1. The molecule has 0 spiro atoms. The number of halogens is 2. The summed E-state index contributed by atoms with van der Waals surface area (Å²) in [5.74, 6) is 0.295. The average Bonchev–Trinajstić information content (AvgIpc) is 2.83. The van der Waals surface area contributed by atoms with Crippen molar-refractivity contribution in [2.75, 3.05) is 0 Å². The predicted molar refractivity (Wildman–Crippen MR) is 89.1 cm³/mol. The van der Waals surface area contributed by atoms with Crippen LogP contribution in [0.5, 0.6) is 0 Å². The third kappa shape index (κ3) is 3.97. The highest BCUT2D eigenvalue weighted by atomic mass is 35.5. The summed E-state index contributed by atoms with van der Waals surface area (Å²) in [4.78, 5) is 0. The second-order valence-corrected chi connectivity index (χ2v) is 9.45. The molecule has 0 radical (unpaired) electrons. The van der Waals surface area contributed by atoms with Crippen LogP contribution in [-0.4, -0.2) is 14.2 Å². The van der Waals surface area contributed by atoms with Crippen LogP contribution in [-0.2, 0) is 4.43 Å². The summed E-state index contributed by atoms with van der Waals surface area (Å²) < 4.78 is 24.8. The maximum atomic E-state index is 13.2. The van der Waals surface area contributed by atoms with Gasteiger partial charge in [0.1, 0.15) is 17.6 Å². The molecule has 1 unspecified atom stereocenters. The molecule has 0 aliphatic carbocycles. The van der Waals surface area contributed by atoms with Gasteiger partial charge < -0.3 is 8.95 Å². The molecule has 0 bridgehead atoms. The molecule has 2 rings (SSSR count). The van der Waals surface area contributed by atoms with E-state index in [4.69, 9.17) is 20.6 Å². The van der Waals surface area contributed by atoms with Gasteiger partial charge in [0, 0.05) is 11.6 Å². The second-order valence-electron chi connectivity index (χ2n) is 6.67. The Morgan fingerprint density at radius 2 is 1.95 bits per heavy atom. The summed E-state index contributed by atoms with van der Waals surface area (Å²) >= 11 is 6.08. The van der Waals surface area contributed by atoms with E-state index >= 15 is 0 Å². The van der Waals surface area contributed by atoms with E-state index in [1.54, 1.807) is 6.07 Å². The van der Waals surface area contributed by atoms with Gasteiger partial charge in [-0.05, 0) is 36.7 Å². The van der Waals surface area contributed by atoms with Crippen molar-refractivity contribution in [1.82, 2.24) is 5.16 Å². The number of aromatic nitrogens is 1. The molecule has 3 nitrogen and oxygen atoms in total. The minimum absolute atomic E-state index is 0.110. The van der Waals surface area contributed by atoms with Crippen LogP contribution in [0.3, 0.4) is 0 Å². The van der Waals surface area contributed by atoms with E-state index in [0.29, 0.717) is 22.0 Å². The molecule has 0 aliphatic rings. The lowest BCUT2D eigenvalue weighted by atomic mass is 9.87. The van der Waals surface area contributed by atoms with Crippen LogP contribution < -0.4 is 0 Å². The fourth-order valence-electron chi connectivity index (χ4n) is 2.21. The molecule has 0 N–H and O–H groups in total. The van der Waals surface area contributed by atoms with E-state index in [1.165, 1.54) is 12.1 Å². The van der Waals surface area contributed by atoms with Gasteiger partial charge in [-0.2, -0.15) is 0 Å². The molecule has 1 heterocycles. The minimum atomic E-state index is -1.24. The van der Waals surface area contributed by atoms with Crippen LogP contribution in [0, 0.1) is 11.2 Å². The van der Waals surface area contributed by atoms with Crippen molar-refractivity contribution in [3.05, 3.63) is 40.9 Å². The summed E-state index contributed by atoms with van der Waals surface area (Å²) in [6.07, 6.45) is -0.167. The summed E-state index contributed by atoms with van der Waals surface area (Å²) in [5.41, 5.74) is 1.12. The topological polar surface area (TPSA) is 35.3 Å². The van der Waals surface area contributed by atoms with Crippen LogP contribution in [0.2, 0.25) is 18.1 Å². The van der Waals surface area contributed by atoms with E-state index in [0.717, 1.165) is 0 Å². The number of hydrogen-bond acceptors (Lipinski definition) is 3. The Hall–Kier alpha value is -1.17. The van der Waals surface area contributed by atoms with Crippen LogP contribution >= 0.6 is 11.6 Å². The first-order valence-corrected chi connectivity index (χ1v) is 10.4. The van der Waals surface area contributed by atoms with Gasteiger partial charge in [0.15, 0.2) is 14.8 Å². The summed E-state index contributed by atoms with van der Waals surface area (Å²) in [7, 11) is -1.24. The lowest BCUT2D eigenvalue weighted by molar-refractivity contribution is 0.0604. The lowest BCUT2D eigenvalue weighted by Gasteiger charge is -2.30. The van der Waals surface area contributed by atoms with Crippen LogP contribution in [0.15, 0.2) is 28.8 Å². The quantitative estimate of drug-likeness (QED) is 0.715. The maximum absolute atomic E-state index is 13.2. The first-order chi connectivity index (χ1) is 10.2. The molecular weight excluding hydrogens is 321 g/mol. The first-order valence-electron chi connectivity index (χ1n) is 7.26. The van der Waals surface area contributed by atoms with Crippen LogP contribution in [0.1, 0.15) is 32.6 Å². The normalized spacial score (nSPS) is 13.6. The molecule has 1 atom stereocenters. The van der Waals surface area contributed by atoms with E-state index in [1.807, 2.05) is 6.07 Å². The number of benzene rings is 1. The van der Waals surface area contributed by atoms with E-state index in [-0.39, 0.29) is 17.3 Å². The minimum Gasteiger partial charge on any atom is -0.410 e. The molecule has 1 aromatic carbocycles. The van der Waals surface area contributed by atoms with Crippen molar-refractivity contribution in [3.63, 3.8) is 0 Å². The number of rotatable bonds is 4. The monoisotopic (exact) mass is 341 g/mol. The lowest BCUT2D eigenvalue weighted by Crippen LogP contribution is -2.25. The highest BCUT2D eigenvalue weighted by molar-refractivity contribution is 6.48. The highest BCUT2D eigenvalue weighted by Crippen LogP contribution is 2.38. The van der Waals surface area contributed by atoms with E-state index in [2.05, 4.69) is 39.0 Å². The Bertz CT molecular complexity index is 652. The van der Waals surface area contributed by atoms with E-state index in [9.17, 15) is 4.39 Å². The molecule has 1 aromatic heterocycles. The van der Waals surface area contributed by atoms with E-state index < -0.39 is 9.04 Å². The molecule has 0 fully saturated rings. The Morgan fingerprint density at radius 3 is 2.50 bits per heavy atom. The molecule has 120 valence electrons. The smallest absolute Gasteiger partial charge is 0.172 e. The number of hydrogen-bond donors (Lipinski definition) is 0. The Morgan fingerprint density at radius 1 is 1.27 bits per heavy atom. The van der Waals surface area contributed by atoms with Gasteiger partial charge in [-0.3, -0.25) is 0 Å². The van der Waals surface area contributed by atoms with Crippen LogP contribution in [0.4, 0.5) is 4.39 Å². The highest BCUT2D eigenvalue weighted by Gasteiger charge is 2.31. The van der Waals surface area contributed by atoms with Crippen molar-refractivity contribution >= 4 is 20.6 Å². The first kappa shape index (κ1) is 17.2. The van der Waals surface area contributed by atoms with Crippen molar-refractivity contribution in [2.45, 2.75) is 40.0 Å². The van der Waals surface area contributed by atoms with Crippen molar-refractivity contribution in [1.29, 1.82) is 0 Å². The SMILES string of the molecule is C[SiH](C)OC(c1cc(-c2ccc(F)cc2Cl)no1)C(C)(C)C. The van der Waals surface area contributed by atoms with Gasteiger partial charge in [0.25, 0.3) is 0 Å². The van der Waals surface area contributed by atoms with Gasteiger partial charge in [-0.15, -0.1) is 0 Å². The molecular formula is C16H21ClFNO2Si. The fourth-order valence-corrected chi connectivity index (χ4v) is 3.56. The molecule has 0 saturated carbocycles. The Labute approximate surface area is 137 Å². The predicted octanol–water partition coefficient (Wildman–Crippen LogP) is 5.22. The van der Waals surface area contributed by atoms with Gasteiger partial charge in [-0.1, -0.05) is 37.5 Å². The average molecular weight is 342 g/mol. The molecule has 2 aromatic rings. The third-order valence-electron chi connectivity index (χ3n) is 3.19. The summed E-state index contributed by atoms with van der Waals surface area (Å²) in [6, 6.07) is 6.05. The zero-order valence-corrected chi connectivity index (χ0v) is 15.4. The zero-order chi connectivity index (χ0) is 16.5. The van der Waals surface area contributed by atoms with Crippen molar-refractivity contribution in [2.24, 2.45) is 5.41 Å². The summed E-state index contributed by atoms with van der Waals surface area (Å²) in [5, 5.41) is 4.38. The fraction of sp³-hybridized carbons (Fsp3) is 0.438. The third-order valence-corrected chi connectivity index (χ3v) is 4.32. The van der Waals surface area contributed by atoms with Crippen molar-refractivity contribution in [3.8, 4) is 11.3 Å². The Kier molecular flexibility index (Phi) is 5.09. The second kappa shape index (κ2) is 6.52. The largest absolute Gasteiger partial charge is 0.410 e. The maximum Gasteiger partial charge on any atom is 0.172 e. The van der Waals surface area contributed by atoms with Gasteiger partial charge >= 0.3 is 0 Å². The molecule has 0 amide bonds. The van der Waals surface area contributed by atoms with Crippen molar-refractivity contribution < 1.29 is 13.3 Å². The van der Waals surface area contributed by atoms with Gasteiger partial charge in [0.05, 0.1) is 5.02 Å². The summed E-state index contributed by atoms with van der Waals surface area (Å²) in [6.45, 7) is 10.5. The zero-order valence-electron chi connectivity index (χ0n) is 13.5. The van der Waals surface area contributed by atoms with Gasteiger partial charge in [0.2, 0.25) is 0 Å². The van der Waals surface area contributed by atoms with Crippen LogP contribution in [0.25, 0.3) is 11.3 Å². The van der Waals surface area contributed by atoms with Gasteiger partial charge in [-0.25, -0.2) is 4.39 Å². The molecule has 6 heteroatoms. The molecule has 0 saturated heterocycles. The molecule has 22 heavy (non-hydrogen) atoms. The standard InChI is InChI=1S/C16H21ClFNO2Si/c1-16(2,3)15(21-22(4)5)14-9-13(19-20-14)11-7-6-10(18)8-12(11)17/h6-9,15,22H,1-5H3.